The van der Waals surface area contributed by atoms with Crippen LogP contribution in [0.15, 0.2) is 12.1 Å². The monoisotopic (exact) mass is 178 g/mol. The van der Waals surface area contributed by atoms with E-state index in [-0.39, 0.29) is 0 Å². The lowest BCUT2D eigenvalue weighted by Crippen LogP contribution is -1.98. The number of hydrogen-bond donors (Lipinski definition) is 0. The van der Waals surface area contributed by atoms with Crippen molar-refractivity contribution in [1.82, 2.24) is 0 Å². The molecule has 1 aromatic rings. The standard InChI is InChI=1S/C10H10O3/c1-7-3-4-8(5-11)10(13-2)9(7)6-12/h3-6H,1-2H3. The summed E-state index contributed by atoms with van der Waals surface area (Å²) in [6, 6.07) is 3.35. The van der Waals surface area contributed by atoms with Crippen LogP contribution in [0, 0.1) is 6.92 Å². The van der Waals surface area contributed by atoms with Gasteiger partial charge in [-0.05, 0) is 18.6 Å². The van der Waals surface area contributed by atoms with Crippen LogP contribution in [0.2, 0.25) is 0 Å². The topological polar surface area (TPSA) is 43.4 Å². The number of aldehydes is 2. The van der Waals surface area contributed by atoms with Crippen LogP contribution >= 0.6 is 0 Å². The molecule has 0 radical (unpaired) electrons. The van der Waals surface area contributed by atoms with Crippen LogP contribution in [-0.4, -0.2) is 19.7 Å². The lowest BCUT2D eigenvalue weighted by molar-refractivity contribution is 0.111. The second-order valence-corrected chi connectivity index (χ2v) is 2.65. The van der Waals surface area contributed by atoms with Crippen LogP contribution in [-0.2, 0) is 0 Å². The fraction of sp³-hybridized carbons (Fsp3) is 0.200. The van der Waals surface area contributed by atoms with E-state index in [0.29, 0.717) is 29.4 Å². The molecule has 0 spiro atoms. The maximum atomic E-state index is 10.7. The number of methoxy groups -OCH3 is 1. The molecule has 0 aliphatic rings. The van der Waals surface area contributed by atoms with Crippen molar-refractivity contribution in [1.29, 1.82) is 0 Å². The van der Waals surface area contributed by atoms with Gasteiger partial charge < -0.3 is 4.74 Å². The first-order chi connectivity index (χ1) is 6.24. The van der Waals surface area contributed by atoms with E-state index in [0.717, 1.165) is 5.56 Å². The van der Waals surface area contributed by atoms with E-state index in [1.54, 1.807) is 19.1 Å². The summed E-state index contributed by atoms with van der Waals surface area (Å²) in [6.07, 6.45) is 1.37. The molecule has 0 saturated heterocycles. The summed E-state index contributed by atoms with van der Waals surface area (Å²) in [7, 11) is 1.44. The van der Waals surface area contributed by atoms with E-state index in [4.69, 9.17) is 4.74 Å². The fourth-order valence-electron chi connectivity index (χ4n) is 1.18. The van der Waals surface area contributed by atoms with Gasteiger partial charge in [0.1, 0.15) is 5.75 Å². The Labute approximate surface area is 76.3 Å². The molecule has 0 saturated carbocycles. The molecule has 0 bridgehead atoms. The van der Waals surface area contributed by atoms with Gasteiger partial charge in [-0.3, -0.25) is 9.59 Å². The summed E-state index contributed by atoms with van der Waals surface area (Å²) < 4.78 is 4.98. The maximum absolute atomic E-state index is 10.7. The number of carbonyl (C=O) groups is 2. The van der Waals surface area contributed by atoms with Crippen molar-refractivity contribution in [3.8, 4) is 5.75 Å². The molecule has 0 amide bonds. The van der Waals surface area contributed by atoms with E-state index >= 15 is 0 Å². The molecule has 13 heavy (non-hydrogen) atoms. The Morgan fingerprint density at radius 1 is 1.23 bits per heavy atom. The zero-order chi connectivity index (χ0) is 9.84. The zero-order valence-corrected chi connectivity index (χ0v) is 7.53. The van der Waals surface area contributed by atoms with Crippen molar-refractivity contribution in [2.45, 2.75) is 6.92 Å². The summed E-state index contributed by atoms with van der Waals surface area (Å²) in [6.45, 7) is 1.79. The first-order valence-electron chi connectivity index (χ1n) is 3.82. The van der Waals surface area contributed by atoms with Gasteiger partial charge in [0.05, 0.1) is 18.2 Å². The highest BCUT2D eigenvalue weighted by atomic mass is 16.5. The maximum Gasteiger partial charge on any atom is 0.154 e. The molecule has 1 aromatic carbocycles. The van der Waals surface area contributed by atoms with Crippen LogP contribution < -0.4 is 4.74 Å². The van der Waals surface area contributed by atoms with Gasteiger partial charge >= 0.3 is 0 Å². The van der Waals surface area contributed by atoms with Crippen LogP contribution in [0.4, 0.5) is 0 Å². The Morgan fingerprint density at radius 2 is 1.92 bits per heavy atom. The predicted molar refractivity (Wildman–Crippen MR) is 48.5 cm³/mol. The van der Waals surface area contributed by atoms with E-state index < -0.39 is 0 Å². The highest BCUT2D eigenvalue weighted by Crippen LogP contribution is 2.23. The molecule has 3 nitrogen and oxygen atoms in total. The smallest absolute Gasteiger partial charge is 0.154 e. The number of carbonyl (C=O) groups excluding carboxylic acids is 2. The average Bonchev–Trinajstić information content (AvgIpc) is 2.17. The normalized spacial score (nSPS) is 9.38. The Morgan fingerprint density at radius 3 is 2.38 bits per heavy atom. The molecular weight excluding hydrogens is 168 g/mol. The van der Waals surface area contributed by atoms with Crippen LogP contribution in [0.1, 0.15) is 26.3 Å². The molecule has 0 aliphatic heterocycles. The van der Waals surface area contributed by atoms with Crippen molar-refractivity contribution in [3.63, 3.8) is 0 Å². The minimum atomic E-state index is 0.352. The molecular formula is C10H10O3. The van der Waals surface area contributed by atoms with Gasteiger partial charge in [0, 0.05) is 0 Å². The number of benzene rings is 1. The van der Waals surface area contributed by atoms with Gasteiger partial charge in [-0.15, -0.1) is 0 Å². The summed E-state index contributed by atoms with van der Waals surface area (Å²) >= 11 is 0. The molecule has 0 unspecified atom stereocenters. The molecule has 0 atom stereocenters. The summed E-state index contributed by atoms with van der Waals surface area (Å²) in [4.78, 5) is 21.2. The summed E-state index contributed by atoms with van der Waals surface area (Å²) in [5.41, 5.74) is 1.64. The van der Waals surface area contributed by atoms with E-state index in [1.807, 2.05) is 0 Å². The SMILES string of the molecule is COc1c(C=O)ccc(C)c1C=O. The molecule has 0 fully saturated rings. The van der Waals surface area contributed by atoms with Gasteiger partial charge in [-0.2, -0.15) is 0 Å². The zero-order valence-electron chi connectivity index (χ0n) is 7.53. The van der Waals surface area contributed by atoms with Crippen LogP contribution in [0.25, 0.3) is 0 Å². The first kappa shape index (κ1) is 9.45. The van der Waals surface area contributed by atoms with E-state index in [9.17, 15) is 9.59 Å². The number of rotatable bonds is 3. The second-order valence-electron chi connectivity index (χ2n) is 2.65. The largest absolute Gasteiger partial charge is 0.495 e. The van der Waals surface area contributed by atoms with Crippen molar-refractivity contribution in [3.05, 3.63) is 28.8 Å². The molecule has 68 valence electrons. The lowest BCUT2D eigenvalue weighted by Gasteiger charge is -2.08. The molecule has 3 heteroatoms. The van der Waals surface area contributed by atoms with E-state index in [2.05, 4.69) is 0 Å². The van der Waals surface area contributed by atoms with Crippen LogP contribution in [0.3, 0.4) is 0 Å². The number of ether oxygens (including phenoxy) is 1. The Bertz CT molecular complexity index is 342. The first-order valence-corrected chi connectivity index (χ1v) is 3.82. The van der Waals surface area contributed by atoms with Crippen molar-refractivity contribution < 1.29 is 14.3 Å². The third-order valence-electron chi connectivity index (χ3n) is 1.89. The predicted octanol–water partition coefficient (Wildman–Crippen LogP) is 1.63. The third kappa shape index (κ3) is 1.59. The Hall–Kier alpha value is -1.64. The van der Waals surface area contributed by atoms with Gasteiger partial charge in [0.15, 0.2) is 12.6 Å². The van der Waals surface area contributed by atoms with Crippen molar-refractivity contribution in [2.24, 2.45) is 0 Å². The molecule has 0 aliphatic carbocycles. The second kappa shape index (κ2) is 3.85. The minimum absolute atomic E-state index is 0.352. The van der Waals surface area contributed by atoms with Gasteiger partial charge in [0.2, 0.25) is 0 Å². The number of hydrogen-bond acceptors (Lipinski definition) is 3. The molecule has 1 rings (SSSR count). The van der Waals surface area contributed by atoms with Crippen molar-refractivity contribution in [2.75, 3.05) is 7.11 Å². The lowest BCUT2D eigenvalue weighted by atomic mass is 10.0. The highest BCUT2D eigenvalue weighted by Gasteiger charge is 2.09. The summed E-state index contributed by atoms with van der Waals surface area (Å²) in [5.74, 6) is 0.352. The minimum Gasteiger partial charge on any atom is -0.495 e. The molecule has 0 N–H and O–H groups in total. The van der Waals surface area contributed by atoms with Crippen LogP contribution in [0.5, 0.6) is 5.75 Å². The fourth-order valence-corrected chi connectivity index (χ4v) is 1.18. The quantitative estimate of drug-likeness (QED) is 0.660. The van der Waals surface area contributed by atoms with Gasteiger partial charge in [0.25, 0.3) is 0 Å². The van der Waals surface area contributed by atoms with E-state index in [1.165, 1.54) is 7.11 Å². The Balaban J connectivity index is 3.44. The Kier molecular flexibility index (Phi) is 2.80. The summed E-state index contributed by atoms with van der Waals surface area (Å²) in [5, 5.41) is 0. The molecule has 0 aromatic heterocycles. The number of aryl methyl sites for hydroxylation is 1. The van der Waals surface area contributed by atoms with Crippen molar-refractivity contribution >= 4 is 12.6 Å². The van der Waals surface area contributed by atoms with Gasteiger partial charge in [-0.25, -0.2) is 0 Å². The highest BCUT2D eigenvalue weighted by molar-refractivity contribution is 5.89. The third-order valence-corrected chi connectivity index (χ3v) is 1.89. The average molecular weight is 178 g/mol. The molecule has 0 heterocycles. The van der Waals surface area contributed by atoms with Gasteiger partial charge in [-0.1, -0.05) is 6.07 Å².